The highest BCUT2D eigenvalue weighted by atomic mass is 32.2. The molecule has 0 aromatic heterocycles. The van der Waals surface area contributed by atoms with E-state index in [2.05, 4.69) is 0 Å². The third-order valence-electron chi connectivity index (χ3n) is 4.45. The van der Waals surface area contributed by atoms with E-state index in [0.717, 1.165) is 16.9 Å². The molecule has 2 aromatic rings. The molecule has 0 heterocycles. The lowest BCUT2D eigenvalue weighted by molar-refractivity contribution is -0.131. The quantitative estimate of drug-likeness (QED) is 0.804. The van der Waals surface area contributed by atoms with Crippen molar-refractivity contribution in [3.63, 3.8) is 0 Å². The fourth-order valence-electron chi connectivity index (χ4n) is 2.60. The number of benzene rings is 2. The van der Waals surface area contributed by atoms with Crippen molar-refractivity contribution in [1.82, 2.24) is 4.90 Å². The molecule has 1 amide bonds. The van der Waals surface area contributed by atoms with Crippen LogP contribution in [0.2, 0.25) is 0 Å². The molecule has 0 aliphatic carbocycles. The van der Waals surface area contributed by atoms with Gasteiger partial charge in [0.2, 0.25) is 15.9 Å². The Hall–Kier alpha value is -2.38. The average Bonchev–Trinajstić information content (AvgIpc) is 2.64. The van der Waals surface area contributed by atoms with Crippen LogP contribution >= 0.6 is 0 Å². The molecular weight excluding hydrogens is 352 g/mol. The lowest BCUT2D eigenvalue weighted by Crippen LogP contribution is -2.29. The van der Waals surface area contributed by atoms with Crippen molar-refractivity contribution >= 4 is 15.9 Å². The number of hydrogen-bond acceptors (Lipinski definition) is 4. The number of rotatable bonds is 7. The first-order chi connectivity index (χ1) is 12.2. The second-order valence-electron chi connectivity index (χ2n) is 6.14. The standard InChI is InChI=1S/C19H24N2O4S/c1-14(16-7-11-18(12-8-16)26(20,23)24)21(2)19(22)13-6-15-4-9-17(25-3)10-5-15/h4-5,7-12,14H,6,13H2,1-3H3,(H2,20,23,24). The maximum Gasteiger partial charge on any atom is 0.238 e. The number of hydrogen-bond donors (Lipinski definition) is 1. The number of ether oxygens (including phenoxy) is 1. The van der Waals surface area contributed by atoms with Crippen LogP contribution in [0.5, 0.6) is 5.75 Å². The predicted octanol–water partition coefficient (Wildman–Crippen LogP) is 2.49. The number of primary sulfonamides is 1. The summed E-state index contributed by atoms with van der Waals surface area (Å²) >= 11 is 0. The van der Waals surface area contributed by atoms with Gasteiger partial charge in [-0.1, -0.05) is 24.3 Å². The Balaban J connectivity index is 1.97. The van der Waals surface area contributed by atoms with Gasteiger partial charge in [-0.2, -0.15) is 0 Å². The summed E-state index contributed by atoms with van der Waals surface area (Å²) in [5.74, 6) is 0.803. The Morgan fingerprint density at radius 1 is 1.12 bits per heavy atom. The van der Waals surface area contributed by atoms with E-state index in [1.807, 2.05) is 31.2 Å². The second-order valence-corrected chi connectivity index (χ2v) is 7.70. The van der Waals surface area contributed by atoms with Crippen molar-refractivity contribution in [3.05, 3.63) is 59.7 Å². The zero-order valence-corrected chi connectivity index (χ0v) is 16.0. The summed E-state index contributed by atoms with van der Waals surface area (Å²) in [4.78, 5) is 14.2. The summed E-state index contributed by atoms with van der Waals surface area (Å²) in [6, 6.07) is 13.7. The number of carbonyl (C=O) groups excluding carboxylic acids is 1. The fourth-order valence-corrected chi connectivity index (χ4v) is 3.11. The van der Waals surface area contributed by atoms with E-state index < -0.39 is 10.0 Å². The first kappa shape index (κ1) is 19.9. The Labute approximate surface area is 154 Å². The monoisotopic (exact) mass is 376 g/mol. The molecule has 0 aliphatic heterocycles. The molecule has 2 aromatic carbocycles. The molecule has 0 aliphatic rings. The largest absolute Gasteiger partial charge is 0.497 e. The number of sulfonamides is 1. The van der Waals surface area contributed by atoms with Gasteiger partial charge in [0.15, 0.2) is 0 Å². The highest BCUT2D eigenvalue weighted by molar-refractivity contribution is 7.89. The zero-order chi connectivity index (χ0) is 19.3. The minimum atomic E-state index is -3.72. The highest BCUT2D eigenvalue weighted by Crippen LogP contribution is 2.21. The number of carbonyl (C=O) groups is 1. The fraction of sp³-hybridized carbons (Fsp3) is 0.316. The Kier molecular flexibility index (Phi) is 6.39. The van der Waals surface area contributed by atoms with Crippen LogP contribution in [0, 0.1) is 0 Å². The van der Waals surface area contributed by atoms with E-state index in [9.17, 15) is 13.2 Å². The average molecular weight is 376 g/mol. The molecule has 0 bridgehead atoms. The molecule has 0 radical (unpaired) electrons. The summed E-state index contributed by atoms with van der Waals surface area (Å²) in [5.41, 5.74) is 1.91. The minimum absolute atomic E-state index is 0.0174. The van der Waals surface area contributed by atoms with E-state index in [0.29, 0.717) is 12.8 Å². The summed E-state index contributed by atoms with van der Waals surface area (Å²) < 4.78 is 27.8. The molecular formula is C19H24N2O4S. The molecule has 1 unspecified atom stereocenters. The van der Waals surface area contributed by atoms with E-state index in [1.165, 1.54) is 12.1 Å². The van der Waals surface area contributed by atoms with Gasteiger partial charge < -0.3 is 9.64 Å². The molecule has 26 heavy (non-hydrogen) atoms. The van der Waals surface area contributed by atoms with E-state index in [-0.39, 0.29) is 16.8 Å². The normalized spacial score (nSPS) is 12.5. The first-order valence-corrected chi connectivity index (χ1v) is 9.78. The molecule has 0 fully saturated rings. The van der Waals surface area contributed by atoms with Crippen LogP contribution in [0.15, 0.2) is 53.4 Å². The number of nitrogens with zero attached hydrogens (tertiary/aromatic N) is 1. The van der Waals surface area contributed by atoms with Crippen molar-refractivity contribution in [2.45, 2.75) is 30.7 Å². The SMILES string of the molecule is COc1ccc(CCC(=O)N(C)C(C)c2ccc(S(N)(=O)=O)cc2)cc1. The molecule has 0 saturated heterocycles. The van der Waals surface area contributed by atoms with Gasteiger partial charge in [-0.3, -0.25) is 4.79 Å². The van der Waals surface area contributed by atoms with Gasteiger partial charge in [0.05, 0.1) is 18.0 Å². The predicted molar refractivity (Wildman–Crippen MR) is 100 cm³/mol. The van der Waals surface area contributed by atoms with Crippen molar-refractivity contribution in [1.29, 1.82) is 0 Å². The van der Waals surface area contributed by atoms with Gasteiger partial charge in [-0.15, -0.1) is 0 Å². The van der Waals surface area contributed by atoms with Crippen LogP contribution in [-0.2, 0) is 21.2 Å². The first-order valence-electron chi connectivity index (χ1n) is 8.23. The Morgan fingerprint density at radius 3 is 2.19 bits per heavy atom. The van der Waals surface area contributed by atoms with Crippen molar-refractivity contribution in [2.24, 2.45) is 5.14 Å². The topological polar surface area (TPSA) is 89.7 Å². The van der Waals surface area contributed by atoms with Gasteiger partial charge >= 0.3 is 0 Å². The smallest absolute Gasteiger partial charge is 0.238 e. The molecule has 1 atom stereocenters. The summed E-state index contributed by atoms with van der Waals surface area (Å²) in [7, 11) is -0.356. The van der Waals surface area contributed by atoms with E-state index in [1.54, 1.807) is 31.2 Å². The Morgan fingerprint density at radius 2 is 1.69 bits per heavy atom. The van der Waals surface area contributed by atoms with Crippen LogP contribution in [0.1, 0.15) is 30.5 Å². The van der Waals surface area contributed by atoms with Crippen molar-refractivity contribution < 1.29 is 17.9 Å². The summed E-state index contributed by atoms with van der Waals surface area (Å²) in [5, 5.41) is 5.10. The van der Waals surface area contributed by atoms with Gasteiger partial charge in [-0.25, -0.2) is 13.6 Å². The van der Waals surface area contributed by atoms with E-state index >= 15 is 0 Å². The van der Waals surface area contributed by atoms with Gasteiger partial charge in [0, 0.05) is 13.5 Å². The lowest BCUT2D eigenvalue weighted by Gasteiger charge is -2.25. The van der Waals surface area contributed by atoms with Crippen LogP contribution < -0.4 is 9.88 Å². The second kappa shape index (κ2) is 8.33. The van der Waals surface area contributed by atoms with Crippen molar-refractivity contribution in [2.75, 3.05) is 14.2 Å². The zero-order valence-electron chi connectivity index (χ0n) is 15.2. The maximum atomic E-state index is 12.5. The summed E-state index contributed by atoms with van der Waals surface area (Å²) in [6.45, 7) is 1.90. The van der Waals surface area contributed by atoms with Crippen LogP contribution in [0.4, 0.5) is 0 Å². The lowest BCUT2D eigenvalue weighted by atomic mass is 10.1. The molecule has 2 N–H and O–H groups in total. The van der Waals surface area contributed by atoms with Crippen molar-refractivity contribution in [3.8, 4) is 5.75 Å². The van der Waals surface area contributed by atoms with Crippen LogP contribution in [-0.4, -0.2) is 33.4 Å². The van der Waals surface area contributed by atoms with Crippen LogP contribution in [0.3, 0.4) is 0 Å². The third-order valence-corrected chi connectivity index (χ3v) is 5.38. The van der Waals surface area contributed by atoms with Gasteiger partial charge in [-0.05, 0) is 48.7 Å². The maximum absolute atomic E-state index is 12.5. The summed E-state index contributed by atoms with van der Waals surface area (Å²) in [6.07, 6.45) is 1.03. The molecule has 0 spiro atoms. The van der Waals surface area contributed by atoms with E-state index in [4.69, 9.17) is 9.88 Å². The minimum Gasteiger partial charge on any atom is -0.497 e. The molecule has 140 valence electrons. The van der Waals surface area contributed by atoms with Gasteiger partial charge in [0.25, 0.3) is 0 Å². The van der Waals surface area contributed by atoms with Gasteiger partial charge in [0.1, 0.15) is 5.75 Å². The number of methoxy groups -OCH3 is 1. The number of aryl methyl sites for hydroxylation is 1. The number of nitrogens with two attached hydrogens (primary N) is 1. The van der Waals surface area contributed by atoms with Crippen LogP contribution in [0.25, 0.3) is 0 Å². The molecule has 0 saturated carbocycles. The highest BCUT2D eigenvalue weighted by Gasteiger charge is 2.18. The third kappa shape index (κ3) is 5.06. The molecule has 2 rings (SSSR count). The molecule has 6 nitrogen and oxygen atoms in total. The number of amides is 1. The molecule has 7 heteroatoms. The Bertz CT molecular complexity index is 846.